The van der Waals surface area contributed by atoms with Gasteiger partial charge in [-0.1, -0.05) is 5.11 Å². The van der Waals surface area contributed by atoms with E-state index in [4.69, 9.17) is 10.2 Å². The van der Waals surface area contributed by atoms with Crippen LogP contribution in [0.4, 0.5) is 5.82 Å². The van der Waals surface area contributed by atoms with Crippen LogP contribution in [0.25, 0.3) is 0 Å². The molecule has 1 heterocycles. The predicted octanol–water partition coefficient (Wildman–Crippen LogP) is 1.11. The molecule has 0 spiro atoms. The molecule has 2 N–H and O–H groups in total. The number of carbonyl (C=O) groups is 2. The zero-order valence-electron chi connectivity index (χ0n) is 8.08. The van der Waals surface area contributed by atoms with Gasteiger partial charge >= 0.3 is 11.9 Å². The quantitative estimate of drug-likeness (QED) is 0.592. The van der Waals surface area contributed by atoms with Crippen molar-refractivity contribution in [3.05, 3.63) is 9.88 Å². The Kier molecular flexibility index (Phi) is 3.89. The van der Waals surface area contributed by atoms with Gasteiger partial charge in [-0.25, -0.2) is 9.78 Å². The lowest BCUT2D eigenvalue weighted by Crippen LogP contribution is -1.98. The van der Waals surface area contributed by atoms with E-state index in [1.54, 1.807) is 0 Å². The summed E-state index contributed by atoms with van der Waals surface area (Å²) in [4.78, 5) is 29.0. The van der Waals surface area contributed by atoms with Crippen LogP contribution in [-0.4, -0.2) is 34.2 Å². The summed E-state index contributed by atoms with van der Waals surface area (Å²) >= 11 is 0.746. The zero-order chi connectivity index (χ0) is 12.1. The Morgan fingerprint density at radius 1 is 1.50 bits per heavy atom. The van der Waals surface area contributed by atoms with Crippen molar-refractivity contribution < 1.29 is 24.6 Å². The maximum Gasteiger partial charge on any atom is 0.349 e. The van der Waals surface area contributed by atoms with Crippen LogP contribution in [0.3, 0.4) is 0 Å². The van der Waals surface area contributed by atoms with Gasteiger partial charge in [0.2, 0.25) is 5.82 Å². The Morgan fingerprint density at radius 3 is 2.69 bits per heavy atom. The summed E-state index contributed by atoms with van der Waals surface area (Å²) in [7, 11) is 1.24. The van der Waals surface area contributed by atoms with E-state index < -0.39 is 11.9 Å². The van der Waals surface area contributed by atoms with E-state index in [1.807, 2.05) is 0 Å². The molecule has 1 aromatic rings. The van der Waals surface area contributed by atoms with Crippen molar-refractivity contribution in [1.82, 2.24) is 4.98 Å². The lowest BCUT2D eigenvalue weighted by molar-refractivity contribution is -0.136. The van der Waals surface area contributed by atoms with E-state index in [0.717, 1.165) is 11.3 Å². The molecule has 8 nitrogen and oxygen atoms in total. The average Bonchev–Trinajstić information content (AvgIpc) is 2.57. The number of carboxylic acids is 2. The van der Waals surface area contributed by atoms with E-state index in [9.17, 15) is 9.59 Å². The molecule has 0 bridgehead atoms. The van der Waals surface area contributed by atoms with Crippen molar-refractivity contribution >= 4 is 29.1 Å². The third kappa shape index (κ3) is 2.98. The molecule has 16 heavy (non-hydrogen) atoms. The highest BCUT2D eigenvalue weighted by molar-refractivity contribution is 7.14. The monoisotopic (exact) mass is 245 g/mol. The maximum absolute atomic E-state index is 10.8. The third-order valence-corrected chi connectivity index (χ3v) is 2.40. The molecule has 0 fully saturated rings. The average molecular weight is 245 g/mol. The lowest BCUT2D eigenvalue weighted by Gasteiger charge is -1.87. The highest BCUT2D eigenvalue weighted by Crippen LogP contribution is 2.26. The standard InChI is InChI=1S/C7H7N3O5S/c1-15-10-9-6-5(7(13)14)16-3(8-6)2-4(11)12/h2H2,1H3,(H,11,12)(H,13,14). The number of aliphatic carboxylic acids is 1. The summed E-state index contributed by atoms with van der Waals surface area (Å²) in [5.74, 6) is -2.49. The van der Waals surface area contributed by atoms with Crippen molar-refractivity contribution in [1.29, 1.82) is 0 Å². The fourth-order valence-corrected chi connectivity index (χ4v) is 1.68. The van der Waals surface area contributed by atoms with E-state index >= 15 is 0 Å². The summed E-state index contributed by atoms with van der Waals surface area (Å²) < 4.78 is 0. The number of hydrogen-bond donors (Lipinski definition) is 2. The number of hydrogen-bond acceptors (Lipinski definition) is 7. The van der Waals surface area contributed by atoms with Gasteiger partial charge in [-0.15, -0.1) is 11.3 Å². The van der Waals surface area contributed by atoms with E-state index in [1.165, 1.54) is 7.11 Å². The van der Waals surface area contributed by atoms with Gasteiger partial charge in [0.05, 0.1) is 6.42 Å². The van der Waals surface area contributed by atoms with Gasteiger partial charge in [0.25, 0.3) is 0 Å². The second-order valence-corrected chi connectivity index (χ2v) is 3.58. The normalized spacial score (nSPS) is 10.6. The Labute approximate surface area is 93.2 Å². The molecule has 0 unspecified atom stereocenters. The molecular formula is C7H7N3O5S. The van der Waals surface area contributed by atoms with Crippen LogP contribution in [0.1, 0.15) is 14.7 Å². The summed E-state index contributed by atoms with van der Waals surface area (Å²) in [6.07, 6.45) is -0.354. The number of thiazole rings is 1. The molecule has 0 aromatic carbocycles. The lowest BCUT2D eigenvalue weighted by atomic mass is 10.4. The SMILES string of the molecule is CON=Nc1nc(CC(=O)O)sc1C(=O)O. The van der Waals surface area contributed by atoms with Gasteiger partial charge < -0.3 is 15.1 Å². The number of rotatable bonds is 5. The Balaban J connectivity index is 3.04. The topological polar surface area (TPSA) is 121 Å². The largest absolute Gasteiger partial charge is 0.481 e. The fraction of sp³-hybridized carbons (Fsp3) is 0.286. The highest BCUT2D eigenvalue weighted by atomic mass is 32.1. The minimum atomic E-state index is -1.24. The Hall–Kier alpha value is -2.03. The van der Waals surface area contributed by atoms with Gasteiger partial charge in [0, 0.05) is 5.28 Å². The molecule has 0 atom stereocenters. The third-order valence-electron chi connectivity index (χ3n) is 1.37. The van der Waals surface area contributed by atoms with Crippen LogP contribution in [0.15, 0.2) is 10.4 Å². The number of aromatic nitrogens is 1. The van der Waals surface area contributed by atoms with E-state index in [-0.39, 0.29) is 22.1 Å². The van der Waals surface area contributed by atoms with Crippen molar-refractivity contribution in [2.45, 2.75) is 6.42 Å². The molecule has 1 rings (SSSR count). The van der Waals surface area contributed by atoms with Gasteiger partial charge in [-0.05, 0) is 0 Å². The van der Waals surface area contributed by atoms with Crippen LogP contribution in [0, 0.1) is 0 Å². The summed E-state index contributed by atoms with van der Waals surface area (Å²) in [5, 5.41) is 24.0. The van der Waals surface area contributed by atoms with Gasteiger partial charge in [-0.2, -0.15) is 0 Å². The molecule has 0 aliphatic carbocycles. The molecular weight excluding hydrogens is 238 g/mol. The highest BCUT2D eigenvalue weighted by Gasteiger charge is 2.18. The van der Waals surface area contributed by atoms with Crippen LogP contribution in [-0.2, 0) is 16.1 Å². The first-order chi connectivity index (χ1) is 7.54. The second-order valence-electron chi connectivity index (χ2n) is 2.50. The smallest absolute Gasteiger partial charge is 0.349 e. The minimum Gasteiger partial charge on any atom is -0.481 e. The van der Waals surface area contributed by atoms with Crippen molar-refractivity contribution in [2.24, 2.45) is 10.4 Å². The maximum atomic E-state index is 10.8. The van der Waals surface area contributed by atoms with Gasteiger partial charge in [0.1, 0.15) is 12.1 Å². The number of nitrogens with zero attached hydrogens (tertiary/aromatic N) is 3. The number of carboxylic acid groups (broad SMARTS) is 2. The van der Waals surface area contributed by atoms with Gasteiger partial charge in [-0.3, -0.25) is 4.79 Å². The molecule has 86 valence electrons. The second kappa shape index (κ2) is 5.16. The zero-order valence-corrected chi connectivity index (χ0v) is 8.89. The van der Waals surface area contributed by atoms with Crippen molar-refractivity contribution in [3.63, 3.8) is 0 Å². The molecule has 9 heteroatoms. The van der Waals surface area contributed by atoms with Crippen LogP contribution >= 0.6 is 11.3 Å². The predicted molar refractivity (Wildman–Crippen MR) is 51.9 cm³/mol. The first-order valence-electron chi connectivity index (χ1n) is 3.93. The molecule has 0 aliphatic rings. The first-order valence-corrected chi connectivity index (χ1v) is 4.75. The Morgan fingerprint density at radius 2 is 2.19 bits per heavy atom. The van der Waals surface area contributed by atoms with Crippen molar-refractivity contribution in [3.8, 4) is 0 Å². The molecule has 0 aliphatic heterocycles. The fourth-order valence-electron chi connectivity index (χ4n) is 0.847. The molecule has 0 saturated carbocycles. The van der Waals surface area contributed by atoms with Crippen LogP contribution in [0.2, 0.25) is 0 Å². The molecule has 0 saturated heterocycles. The van der Waals surface area contributed by atoms with E-state index in [2.05, 4.69) is 20.2 Å². The molecule has 1 aromatic heterocycles. The van der Waals surface area contributed by atoms with Crippen LogP contribution < -0.4 is 0 Å². The van der Waals surface area contributed by atoms with Gasteiger partial charge in [0.15, 0.2) is 4.88 Å². The van der Waals surface area contributed by atoms with E-state index in [0.29, 0.717) is 0 Å². The minimum absolute atomic E-state index is 0.148. The first kappa shape index (κ1) is 12.0. The molecule has 0 radical (unpaired) electrons. The summed E-state index contributed by atoms with van der Waals surface area (Å²) in [5.41, 5.74) is 0. The summed E-state index contributed by atoms with van der Waals surface area (Å²) in [6.45, 7) is 0. The Bertz CT molecular complexity index is 441. The van der Waals surface area contributed by atoms with Crippen LogP contribution in [0.5, 0.6) is 0 Å². The number of aromatic carboxylic acids is 1. The van der Waals surface area contributed by atoms with Crippen molar-refractivity contribution in [2.75, 3.05) is 7.11 Å². The summed E-state index contributed by atoms with van der Waals surface area (Å²) in [6, 6.07) is 0. The molecule has 0 amide bonds.